The van der Waals surface area contributed by atoms with Crippen molar-refractivity contribution in [2.24, 2.45) is 0 Å². The van der Waals surface area contributed by atoms with Crippen LogP contribution >= 0.6 is 11.3 Å². The molecule has 0 radical (unpaired) electrons. The molecule has 4 aromatic rings. The van der Waals surface area contributed by atoms with Crippen molar-refractivity contribution >= 4 is 32.4 Å². The highest BCUT2D eigenvalue weighted by Crippen LogP contribution is 2.33. The summed E-state index contributed by atoms with van der Waals surface area (Å²) in [5.74, 6) is 1.02. The first-order chi connectivity index (χ1) is 20.9. The average Bonchev–Trinajstić information content (AvgIpc) is 3.48. The number of sulfonamides is 1. The van der Waals surface area contributed by atoms with E-state index >= 15 is 0 Å². The fraction of sp³-hybridized carbons (Fsp3) is 0.276. The maximum Gasteiger partial charge on any atom is 0.416 e. The molecule has 3 aromatic carbocycles. The first kappa shape index (κ1) is 32.7. The van der Waals surface area contributed by atoms with Crippen molar-refractivity contribution in [3.63, 3.8) is 0 Å². The Balaban J connectivity index is 1.46. The van der Waals surface area contributed by atoms with E-state index in [9.17, 15) is 26.4 Å². The van der Waals surface area contributed by atoms with Crippen molar-refractivity contribution in [2.75, 3.05) is 39.7 Å². The quantitative estimate of drug-likeness (QED) is 0.201. The predicted octanol–water partition coefficient (Wildman–Crippen LogP) is 5.51. The first-order valence-electron chi connectivity index (χ1n) is 13.1. The number of ether oxygens (including phenoxy) is 3. The summed E-state index contributed by atoms with van der Waals surface area (Å²) in [7, 11) is 0.493. The SMILES string of the molecule is COc1ccc(S(=O)(=O)N(CCC(=O)Nc2nnc(-c3ccc(C(F)(F)F)cc3)s2)CCc2ccc(OC)c(OC)c2)cc1. The van der Waals surface area contributed by atoms with Gasteiger partial charge in [-0.3, -0.25) is 4.79 Å². The van der Waals surface area contributed by atoms with Crippen molar-refractivity contribution in [1.82, 2.24) is 14.5 Å². The maximum absolute atomic E-state index is 13.6. The van der Waals surface area contributed by atoms with Gasteiger partial charge in [-0.2, -0.15) is 17.5 Å². The molecule has 1 aromatic heterocycles. The number of amides is 1. The van der Waals surface area contributed by atoms with Gasteiger partial charge < -0.3 is 19.5 Å². The van der Waals surface area contributed by atoms with Gasteiger partial charge in [0, 0.05) is 25.1 Å². The molecule has 0 spiro atoms. The smallest absolute Gasteiger partial charge is 0.416 e. The molecule has 0 saturated carbocycles. The number of hydrogen-bond donors (Lipinski definition) is 1. The number of benzene rings is 3. The van der Waals surface area contributed by atoms with Crippen LogP contribution in [0.1, 0.15) is 17.5 Å². The van der Waals surface area contributed by atoms with E-state index in [2.05, 4.69) is 15.5 Å². The molecule has 10 nitrogen and oxygen atoms in total. The normalized spacial score (nSPS) is 11.8. The van der Waals surface area contributed by atoms with Gasteiger partial charge >= 0.3 is 6.18 Å². The van der Waals surface area contributed by atoms with E-state index in [1.165, 1.54) is 62.0 Å². The van der Waals surface area contributed by atoms with Crippen LogP contribution in [0.15, 0.2) is 71.6 Å². The van der Waals surface area contributed by atoms with Gasteiger partial charge in [-0.25, -0.2) is 8.42 Å². The Labute approximate surface area is 256 Å². The Kier molecular flexibility index (Phi) is 10.4. The summed E-state index contributed by atoms with van der Waals surface area (Å²) >= 11 is 0.981. The van der Waals surface area contributed by atoms with Crippen molar-refractivity contribution in [3.8, 4) is 27.8 Å². The number of hydrogen-bond acceptors (Lipinski definition) is 9. The van der Waals surface area contributed by atoms with E-state index in [1.54, 1.807) is 18.2 Å². The molecule has 1 amide bonds. The second-order valence-corrected chi connectivity index (χ2v) is 12.2. The molecule has 0 aliphatic rings. The Morgan fingerprint density at radius 2 is 1.57 bits per heavy atom. The van der Waals surface area contributed by atoms with Crippen LogP contribution in [0.2, 0.25) is 0 Å². The second kappa shape index (κ2) is 14.1. The molecule has 15 heteroatoms. The minimum atomic E-state index is -4.46. The topological polar surface area (TPSA) is 120 Å². The number of anilines is 1. The lowest BCUT2D eigenvalue weighted by atomic mass is 10.1. The first-order valence-corrected chi connectivity index (χ1v) is 15.4. The van der Waals surface area contributed by atoms with Crippen molar-refractivity contribution in [1.29, 1.82) is 0 Å². The summed E-state index contributed by atoms with van der Waals surface area (Å²) in [5.41, 5.74) is 0.411. The molecule has 0 unspecified atom stereocenters. The molecular weight excluding hydrogens is 621 g/mol. The number of rotatable bonds is 13. The van der Waals surface area contributed by atoms with Crippen molar-refractivity contribution in [3.05, 3.63) is 77.9 Å². The summed E-state index contributed by atoms with van der Waals surface area (Å²) in [6.07, 6.45) is -4.34. The van der Waals surface area contributed by atoms with Crippen LogP contribution in [0, 0.1) is 0 Å². The number of nitrogens with one attached hydrogen (secondary N) is 1. The number of alkyl halides is 3. The highest BCUT2D eigenvalue weighted by molar-refractivity contribution is 7.89. The summed E-state index contributed by atoms with van der Waals surface area (Å²) in [4.78, 5) is 12.9. The minimum Gasteiger partial charge on any atom is -0.497 e. The molecule has 0 aliphatic heterocycles. The lowest BCUT2D eigenvalue weighted by Crippen LogP contribution is -2.35. The van der Waals surface area contributed by atoms with Crippen LogP contribution in [-0.2, 0) is 27.4 Å². The zero-order chi connectivity index (χ0) is 31.9. The van der Waals surface area contributed by atoms with Crippen molar-refractivity contribution in [2.45, 2.75) is 23.9 Å². The Morgan fingerprint density at radius 3 is 2.18 bits per heavy atom. The van der Waals surface area contributed by atoms with Crippen LogP contribution in [0.3, 0.4) is 0 Å². The Bertz CT molecular complexity index is 1680. The number of carbonyl (C=O) groups is 1. The third kappa shape index (κ3) is 8.03. The van der Waals surface area contributed by atoms with Gasteiger partial charge in [-0.1, -0.05) is 29.5 Å². The molecule has 0 atom stereocenters. The Morgan fingerprint density at radius 1 is 0.886 bits per heavy atom. The van der Waals surface area contributed by atoms with Crippen LogP contribution < -0.4 is 19.5 Å². The molecule has 1 heterocycles. The highest BCUT2D eigenvalue weighted by atomic mass is 32.2. The molecular formula is C29H29F3N4O6S2. The second-order valence-electron chi connectivity index (χ2n) is 9.30. The number of carbonyl (C=O) groups excluding carboxylic acids is 1. The van der Waals surface area contributed by atoms with Crippen LogP contribution in [-0.4, -0.2) is 63.2 Å². The summed E-state index contributed by atoms with van der Waals surface area (Å²) in [6, 6.07) is 15.7. The van der Waals surface area contributed by atoms with E-state index in [4.69, 9.17) is 14.2 Å². The van der Waals surface area contributed by atoms with E-state index in [-0.39, 0.29) is 29.5 Å². The molecule has 0 saturated heterocycles. The monoisotopic (exact) mass is 650 g/mol. The van der Waals surface area contributed by atoms with Gasteiger partial charge in [0.2, 0.25) is 21.1 Å². The summed E-state index contributed by atoms with van der Waals surface area (Å²) in [5, 5.41) is 10.9. The number of nitrogens with zero attached hydrogens (tertiary/aromatic N) is 3. The molecule has 1 N–H and O–H groups in total. The predicted molar refractivity (Wildman–Crippen MR) is 159 cm³/mol. The van der Waals surface area contributed by atoms with Gasteiger partial charge in [0.25, 0.3) is 0 Å². The minimum absolute atomic E-state index is 0.0383. The molecule has 234 valence electrons. The molecule has 44 heavy (non-hydrogen) atoms. The molecule has 4 rings (SSSR count). The van der Waals surface area contributed by atoms with E-state index in [1.807, 2.05) is 0 Å². The van der Waals surface area contributed by atoms with Crippen LogP contribution in [0.25, 0.3) is 10.6 Å². The molecule has 0 aliphatic carbocycles. The lowest BCUT2D eigenvalue weighted by Gasteiger charge is -2.22. The highest BCUT2D eigenvalue weighted by Gasteiger charge is 2.30. The molecule has 0 fully saturated rings. The fourth-order valence-electron chi connectivity index (χ4n) is 4.14. The van der Waals surface area contributed by atoms with E-state index in [0.29, 0.717) is 34.2 Å². The third-order valence-corrected chi connectivity index (χ3v) is 9.31. The van der Waals surface area contributed by atoms with E-state index < -0.39 is 27.7 Å². The third-order valence-electron chi connectivity index (χ3n) is 6.51. The van der Waals surface area contributed by atoms with Crippen molar-refractivity contribution < 1.29 is 40.6 Å². The van der Waals surface area contributed by atoms with E-state index in [0.717, 1.165) is 29.0 Å². The summed E-state index contributed by atoms with van der Waals surface area (Å²) in [6.45, 7) is -0.0773. The number of halogens is 3. The number of aromatic nitrogens is 2. The van der Waals surface area contributed by atoms with Crippen LogP contribution in [0.5, 0.6) is 17.2 Å². The fourth-order valence-corrected chi connectivity index (χ4v) is 6.35. The Hall–Kier alpha value is -4.21. The lowest BCUT2D eigenvalue weighted by molar-refractivity contribution is -0.137. The standard InChI is InChI=1S/C29H29F3N4O6S2/c1-40-22-9-11-23(12-10-22)44(38,39)36(16-14-19-4-13-24(41-2)25(18-19)42-3)17-15-26(37)33-28-35-34-27(43-28)20-5-7-21(8-6-20)29(30,31)32/h4-13,18H,14-17H2,1-3H3,(H,33,35,37). The van der Waals surface area contributed by atoms with Gasteiger partial charge in [0.1, 0.15) is 10.8 Å². The zero-order valence-electron chi connectivity index (χ0n) is 23.9. The average molecular weight is 651 g/mol. The maximum atomic E-state index is 13.6. The van der Waals surface area contributed by atoms with Gasteiger partial charge in [0.05, 0.1) is 31.8 Å². The molecule has 0 bridgehead atoms. The van der Waals surface area contributed by atoms with Gasteiger partial charge in [0.15, 0.2) is 11.5 Å². The van der Waals surface area contributed by atoms with Crippen LogP contribution in [0.4, 0.5) is 18.3 Å². The van der Waals surface area contributed by atoms with Gasteiger partial charge in [-0.05, 0) is 60.5 Å². The summed E-state index contributed by atoms with van der Waals surface area (Å²) < 4.78 is 82.8. The largest absolute Gasteiger partial charge is 0.497 e. The zero-order valence-corrected chi connectivity index (χ0v) is 25.6. The van der Waals surface area contributed by atoms with Gasteiger partial charge in [-0.15, -0.1) is 10.2 Å². The number of methoxy groups -OCH3 is 3.